The number of hydrogen-bond donors (Lipinski definition) is 0. The summed E-state index contributed by atoms with van der Waals surface area (Å²) in [4.78, 5) is 23.1. The van der Waals surface area contributed by atoms with Crippen LogP contribution in [0.3, 0.4) is 0 Å². The van der Waals surface area contributed by atoms with Crippen molar-refractivity contribution in [2.24, 2.45) is 4.99 Å². The Bertz CT molecular complexity index is 1180. The summed E-state index contributed by atoms with van der Waals surface area (Å²) in [6, 6.07) is 16.7. The van der Waals surface area contributed by atoms with Crippen molar-refractivity contribution in [1.82, 2.24) is 4.90 Å². The molecular formula is C29H35N3O2S. The summed E-state index contributed by atoms with van der Waals surface area (Å²) >= 11 is 1.44. The molecule has 6 heteroatoms. The number of fused-ring (bicyclic) bond motifs is 1. The molecular weight excluding hydrogens is 454 g/mol. The molecule has 35 heavy (non-hydrogen) atoms. The van der Waals surface area contributed by atoms with Crippen molar-refractivity contribution in [3.05, 3.63) is 70.6 Å². The van der Waals surface area contributed by atoms with Crippen molar-refractivity contribution in [2.45, 2.75) is 52.6 Å². The van der Waals surface area contributed by atoms with E-state index in [1.807, 2.05) is 36.4 Å². The number of methoxy groups -OCH3 is 1. The van der Waals surface area contributed by atoms with Crippen LogP contribution in [0, 0.1) is 0 Å². The molecule has 2 heterocycles. The van der Waals surface area contributed by atoms with E-state index in [2.05, 4.69) is 63.8 Å². The molecule has 0 saturated carbocycles. The fourth-order valence-electron chi connectivity index (χ4n) is 5.02. The van der Waals surface area contributed by atoms with Crippen LogP contribution < -0.4 is 4.90 Å². The van der Waals surface area contributed by atoms with E-state index in [1.165, 1.54) is 28.6 Å². The van der Waals surface area contributed by atoms with E-state index in [4.69, 9.17) is 9.73 Å². The smallest absolute Gasteiger partial charge is 0.266 e. The number of thioether (sulfide) groups is 1. The number of anilines is 1. The summed E-state index contributed by atoms with van der Waals surface area (Å²) in [7, 11) is 1.68. The minimum absolute atomic E-state index is 0.00397. The van der Waals surface area contributed by atoms with Crippen molar-refractivity contribution in [3.63, 3.8) is 0 Å². The molecule has 184 valence electrons. The molecule has 0 bridgehead atoms. The lowest BCUT2D eigenvalue weighted by Crippen LogP contribution is -2.49. The summed E-state index contributed by atoms with van der Waals surface area (Å²) in [5.74, 6) is -0.00397. The highest BCUT2D eigenvalue weighted by atomic mass is 32.2. The SMILES string of the molecule is COCCCN1C(=O)/C(=C/c2ccc3c(c2)C(C)=CC(C)(C)N3C(C)C)SC1=Nc1ccccc1. The Kier molecular flexibility index (Phi) is 7.53. The number of allylic oxidation sites excluding steroid dienone is 1. The lowest BCUT2D eigenvalue weighted by atomic mass is 9.87. The van der Waals surface area contributed by atoms with Crippen molar-refractivity contribution in [1.29, 1.82) is 0 Å². The molecule has 0 spiro atoms. The molecule has 0 aromatic heterocycles. The van der Waals surface area contributed by atoms with Crippen molar-refractivity contribution in [2.75, 3.05) is 25.2 Å². The molecule has 0 aliphatic carbocycles. The van der Waals surface area contributed by atoms with Crippen LogP contribution in [-0.4, -0.2) is 47.8 Å². The molecule has 2 aromatic carbocycles. The van der Waals surface area contributed by atoms with E-state index < -0.39 is 0 Å². The Labute approximate surface area is 213 Å². The highest BCUT2D eigenvalue weighted by Crippen LogP contribution is 2.41. The van der Waals surface area contributed by atoms with Crippen LogP contribution in [-0.2, 0) is 9.53 Å². The minimum atomic E-state index is -0.0476. The third kappa shape index (κ3) is 5.39. The standard InChI is InChI=1S/C29H35N3O2S/c1-20(2)32-25-14-13-22(17-24(25)21(3)19-29(32,4)5)18-26-27(33)31(15-10-16-34-6)28(35-26)30-23-11-8-7-9-12-23/h7-9,11-14,17-20H,10,15-16H2,1-6H3/b26-18-,30-28?. The average molecular weight is 490 g/mol. The fraction of sp³-hybridized carbons (Fsp3) is 0.379. The highest BCUT2D eigenvalue weighted by molar-refractivity contribution is 8.18. The van der Waals surface area contributed by atoms with Gasteiger partial charge in [0.15, 0.2) is 5.17 Å². The van der Waals surface area contributed by atoms with Gasteiger partial charge in [-0.1, -0.05) is 30.3 Å². The maximum absolute atomic E-state index is 13.4. The number of para-hydroxylation sites is 1. The predicted octanol–water partition coefficient (Wildman–Crippen LogP) is 6.74. The van der Waals surface area contributed by atoms with Crippen LogP contribution in [0.4, 0.5) is 11.4 Å². The van der Waals surface area contributed by atoms with Crippen LogP contribution >= 0.6 is 11.8 Å². The quantitative estimate of drug-likeness (QED) is 0.319. The van der Waals surface area contributed by atoms with Gasteiger partial charge < -0.3 is 9.64 Å². The molecule has 0 atom stereocenters. The Balaban J connectivity index is 1.68. The maximum Gasteiger partial charge on any atom is 0.266 e. The largest absolute Gasteiger partial charge is 0.385 e. The van der Waals surface area contributed by atoms with Crippen LogP contribution in [0.15, 0.2) is 64.5 Å². The topological polar surface area (TPSA) is 45.1 Å². The van der Waals surface area contributed by atoms with Gasteiger partial charge in [0.2, 0.25) is 0 Å². The zero-order valence-electron chi connectivity index (χ0n) is 21.5. The first kappa shape index (κ1) is 25.3. The molecule has 1 saturated heterocycles. The summed E-state index contributed by atoms with van der Waals surface area (Å²) in [5, 5.41) is 0.713. The second-order valence-corrected chi connectivity index (χ2v) is 10.9. The van der Waals surface area contributed by atoms with Gasteiger partial charge >= 0.3 is 0 Å². The molecule has 2 aliphatic heterocycles. The number of amidine groups is 1. The first-order valence-corrected chi connectivity index (χ1v) is 13.0. The Morgan fingerprint density at radius 1 is 1.14 bits per heavy atom. The fourth-order valence-corrected chi connectivity index (χ4v) is 6.05. The highest BCUT2D eigenvalue weighted by Gasteiger charge is 2.34. The van der Waals surface area contributed by atoms with Gasteiger partial charge in [-0.05, 0) is 94.3 Å². The number of carbonyl (C=O) groups is 1. The van der Waals surface area contributed by atoms with E-state index in [-0.39, 0.29) is 11.4 Å². The molecule has 4 rings (SSSR count). The van der Waals surface area contributed by atoms with Gasteiger partial charge in [-0.3, -0.25) is 9.69 Å². The lowest BCUT2D eigenvalue weighted by Gasteiger charge is -2.46. The number of ether oxygens (including phenoxy) is 1. The van der Waals surface area contributed by atoms with Gasteiger partial charge in [0.1, 0.15) is 0 Å². The average Bonchev–Trinajstić information content (AvgIpc) is 3.08. The van der Waals surface area contributed by atoms with Crippen LogP contribution in [0.1, 0.15) is 52.2 Å². The van der Waals surface area contributed by atoms with E-state index >= 15 is 0 Å². The second kappa shape index (κ2) is 10.4. The van der Waals surface area contributed by atoms with E-state index in [1.54, 1.807) is 12.0 Å². The van der Waals surface area contributed by atoms with Crippen molar-refractivity contribution in [3.8, 4) is 0 Å². The van der Waals surface area contributed by atoms with Gasteiger partial charge in [0.25, 0.3) is 5.91 Å². The Morgan fingerprint density at radius 3 is 2.57 bits per heavy atom. The third-order valence-electron chi connectivity index (χ3n) is 6.31. The molecule has 2 aromatic rings. The lowest BCUT2D eigenvalue weighted by molar-refractivity contribution is -0.122. The van der Waals surface area contributed by atoms with E-state index in [9.17, 15) is 4.79 Å². The van der Waals surface area contributed by atoms with Crippen LogP contribution in [0.25, 0.3) is 11.6 Å². The third-order valence-corrected chi connectivity index (χ3v) is 7.32. The normalized spacial score (nSPS) is 19.6. The molecule has 0 radical (unpaired) electrons. The number of rotatable bonds is 7. The zero-order chi connectivity index (χ0) is 25.2. The molecule has 0 unspecified atom stereocenters. The number of aliphatic imine (C=N–C) groups is 1. The first-order valence-electron chi connectivity index (χ1n) is 12.2. The number of hydrogen-bond acceptors (Lipinski definition) is 5. The number of benzene rings is 2. The Hall–Kier alpha value is -2.83. The van der Waals surface area contributed by atoms with Gasteiger partial charge in [-0.15, -0.1) is 0 Å². The zero-order valence-corrected chi connectivity index (χ0v) is 22.4. The number of nitrogens with zero attached hydrogens (tertiary/aromatic N) is 3. The summed E-state index contributed by atoms with van der Waals surface area (Å²) in [6.07, 6.45) is 5.09. The van der Waals surface area contributed by atoms with Gasteiger partial charge in [-0.2, -0.15) is 0 Å². The van der Waals surface area contributed by atoms with Crippen molar-refractivity contribution >= 4 is 45.9 Å². The first-order chi connectivity index (χ1) is 16.7. The Morgan fingerprint density at radius 2 is 1.89 bits per heavy atom. The van der Waals surface area contributed by atoms with Gasteiger partial charge in [-0.25, -0.2) is 4.99 Å². The van der Waals surface area contributed by atoms with Gasteiger partial charge in [0.05, 0.1) is 16.1 Å². The van der Waals surface area contributed by atoms with E-state index in [0.717, 1.165) is 17.7 Å². The molecule has 2 aliphatic rings. The maximum atomic E-state index is 13.4. The summed E-state index contributed by atoms with van der Waals surface area (Å²) in [6.45, 7) is 12.3. The van der Waals surface area contributed by atoms with Gasteiger partial charge in [0, 0.05) is 37.6 Å². The molecule has 0 N–H and O–H groups in total. The van der Waals surface area contributed by atoms with E-state index in [0.29, 0.717) is 29.3 Å². The van der Waals surface area contributed by atoms with Crippen LogP contribution in [0.2, 0.25) is 0 Å². The van der Waals surface area contributed by atoms with Crippen molar-refractivity contribution < 1.29 is 9.53 Å². The number of amides is 1. The second-order valence-electron chi connectivity index (χ2n) is 9.87. The predicted molar refractivity (Wildman–Crippen MR) is 149 cm³/mol. The molecule has 5 nitrogen and oxygen atoms in total. The van der Waals surface area contributed by atoms with Crippen LogP contribution in [0.5, 0.6) is 0 Å². The molecule has 1 fully saturated rings. The summed E-state index contributed by atoms with van der Waals surface area (Å²) < 4.78 is 5.21. The monoisotopic (exact) mass is 489 g/mol. The molecule has 1 amide bonds. The summed E-state index contributed by atoms with van der Waals surface area (Å²) in [5.41, 5.74) is 5.54. The minimum Gasteiger partial charge on any atom is -0.385 e. The number of carbonyl (C=O) groups excluding carboxylic acids is 1.